The van der Waals surface area contributed by atoms with Gasteiger partial charge in [-0.1, -0.05) is 17.7 Å². The van der Waals surface area contributed by atoms with Gasteiger partial charge in [0, 0.05) is 12.6 Å². The molecule has 1 aromatic heterocycles. The highest BCUT2D eigenvalue weighted by atomic mass is 16.1. The molecule has 1 aromatic carbocycles. The van der Waals surface area contributed by atoms with Crippen molar-refractivity contribution in [3.8, 4) is 0 Å². The highest BCUT2D eigenvalue weighted by molar-refractivity contribution is 5.87. The molecule has 1 heterocycles. The minimum Gasteiger partial charge on any atom is -0.354 e. The molecule has 18 heavy (non-hydrogen) atoms. The fraction of sp³-hybridized carbons (Fsp3) is 0.143. The number of amides is 1. The van der Waals surface area contributed by atoms with Crippen LogP contribution in [-0.4, -0.2) is 10.9 Å². The van der Waals surface area contributed by atoms with E-state index in [1.54, 1.807) is 12.3 Å². The molecule has 0 radical (unpaired) electrons. The second-order valence-corrected chi connectivity index (χ2v) is 4.10. The Hall–Kier alpha value is -2.36. The van der Waals surface area contributed by atoms with Crippen LogP contribution in [-0.2, 0) is 4.79 Å². The molecule has 0 aliphatic rings. The molecule has 0 saturated heterocycles. The van der Waals surface area contributed by atoms with Crippen LogP contribution in [0, 0.1) is 6.92 Å². The van der Waals surface area contributed by atoms with E-state index >= 15 is 0 Å². The Morgan fingerprint density at radius 1 is 1.06 bits per heavy atom. The summed E-state index contributed by atoms with van der Waals surface area (Å²) >= 11 is 0. The molecule has 0 fully saturated rings. The number of nitrogens with zero attached hydrogens (tertiary/aromatic N) is 1. The summed E-state index contributed by atoms with van der Waals surface area (Å²) in [6.07, 6.45) is 1.69. The van der Waals surface area contributed by atoms with Crippen LogP contribution in [0.15, 0.2) is 42.6 Å². The fourth-order valence-corrected chi connectivity index (χ4v) is 1.53. The molecule has 1 amide bonds. The van der Waals surface area contributed by atoms with Crippen molar-refractivity contribution >= 4 is 23.1 Å². The third-order valence-corrected chi connectivity index (χ3v) is 2.41. The van der Waals surface area contributed by atoms with E-state index < -0.39 is 0 Å². The van der Waals surface area contributed by atoms with E-state index in [9.17, 15) is 4.79 Å². The quantitative estimate of drug-likeness (QED) is 0.868. The van der Waals surface area contributed by atoms with E-state index in [4.69, 9.17) is 0 Å². The first-order valence-electron chi connectivity index (χ1n) is 5.71. The maximum Gasteiger partial charge on any atom is 0.222 e. The van der Waals surface area contributed by atoms with Gasteiger partial charge in [0.25, 0.3) is 0 Å². The first-order valence-corrected chi connectivity index (χ1v) is 5.71. The van der Waals surface area contributed by atoms with Crippen LogP contribution in [0.2, 0.25) is 0 Å². The standard InChI is InChI=1S/C14H15N3O/c1-10-3-5-12(6-4-10)17-13-7-8-14(15-9-13)16-11(2)18/h3-9,17H,1-2H3,(H,15,16,18). The summed E-state index contributed by atoms with van der Waals surface area (Å²) in [7, 11) is 0. The molecule has 92 valence electrons. The van der Waals surface area contributed by atoms with Crippen LogP contribution in [0.4, 0.5) is 17.2 Å². The SMILES string of the molecule is CC(=O)Nc1ccc(Nc2ccc(C)cc2)cn1. The van der Waals surface area contributed by atoms with Crippen molar-refractivity contribution in [2.24, 2.45) is 0 Å². The molecule has 0 bridgehead atoms. The second kappa shape index (κ2) is 5.31. The van der Waals surface area contributed by atoms with E-state index in [2.05, 4.69) is 15.6 Å². The lowest BCUT2D eigenvalue weighted by atomic mass is 10.2. The number of pyridine rings is 1. The minimum absolute atomic E-state index is 0.123. The number of nitrogens with one attached hydrogen (secondary N) is 2. The monoisotopic (exact) mass is 241 g/mol. The van der Waals surface area contributed by atoms with Crippen LogP contribution < -0.4 is 10.6 Å². The van der Waals surface area contributed by atoms with Crippen molar-refractivity contribution in [1.29, 1.82) is 0 Å². The summed E-state index contributed by atoms with van der Waals surface area (Å²) in [6.45, 7) is 3.51. The summed E-state index contributed by atoms with van der Waals surface area (Å²) in [5.74, 6) is 0.429. The average molecular weight is 241 g/mol. The zero-order valence-corrected chi connectivity index (χ0v) is 10.4. The smallest absolute Gasteiger partial charge is 0.222 e. The summed E-state index contributed by atoms with van der Waals surface area (Å²) in [5.41, 5.74) is 3.11. The number of aryl methyl sites for hydroxylation is 1. The van der Waals surface area contributed by atoms with Gasteiger partial charge >= 0.3 is 0 Å². The van der Waals surface area contributed by atoms with Gasteiger partial charge in [0.1, 0.15) is 5.82 Å². The highest BCUT2D eigenvalue weighted by Gasteiger charge is 1.98. The van der Waals surface area contributed by atoms with Crippen LogP contribution in [0.25, 0.3) is 0 Å². The van der Waals surface area contributed by atoms with E-state index in [0.29, 0.717) is 5.82 Å². The summed E-state index contributed by atoms with van der Waals surface area (Å²) in [5, 5.41) is 5.86. The second-order valence-electron chi connectivity index (χ2n) is 4.10. The maximum atomic E-state index is 10.9. The van der Waals surface area contributed by atoms with Gasteiger partial charge in [-0.25, -0.2) is 4.98 Å². The minimum atomic E-state index is -0.123. The lowest BCUT2D eigenvalue weighted by molar-refractivity contribution is -0.114. The van der Waals surface area contributed by atoms with Crippen molar-refractivity contribution < 1.29 is 4.79 Å². The van der Waals surface area contributed by atoms with Gasteiger partial charge in [0.2, 0.25) is 5.91 Å². The lowest BCUT2D eigenvalue weighted by Gasteiger charge is -2.07. The lowest BCUT2D eigenvalue weighted by Crippen LogP contribution is -2.07. The first kappa shape index (κ1) is 12.1. The van der Waals surface area contributed by atoms with E-state index in [1.807, 2.05) is 37.3 Å². The van der Waals surface area contributed by atoms with Crippen LogP contribution in [0.5, 0.6) is 0 Å². The number of hydrogen-bond donors (Lipinski definition) is 2. The molecule has 4 nitrogen and oxygen atoms in total. The number of rotatable bonds is 3. The van der Waals surface area contributed by atoms with Gasteiger partial charge in [0.15, 0.2) is 0 Å². The van der Waals surface area contributed by atoms with Crippen molar-refractivity contribution in [3.63, 3.8) is 0 Å². The predicted molar refractivity (Wildman–Crippen MR) is 73.0 cm³/mol. The van der Waals surface area contributed by atoms with Gasteiger partial charge in [0.05, 0.1) is 11.9 Å². The number of hydrogen-bond acceptors (Lipinski definition) is 3. The van der Waals surface area contributed by atoms with Crippen molar-refractivity contribution in [3.05, 3.63) is 48.2 Å². The Labute approximate surface area is 106 Å². The third kappa shape index (κ3) is 3.31. The molecule has 0 saturated carbocycles. The zero-order valence-electron chi connectivity index (χ0n) is 10.4. The van der Waals surface area contributed by atoms with E-state index in [0.717, 1.165) is 11.4 Å². The number of aromatic nitrogens is 1. The number of carbonyl (C=O) groups excluding carboxylic acids is 1. The van der Waals surface area contributed by atoms with Crippen LogP contribution in [0.3, 0.4) is 0 Å². The Kier molecular flexibility index (Phi) is 3.57. The van der Waals surface area contributed by atoms with Crippen molar-refractivity contribution in [2.45, 2.75) is 13.8 Å². The molecule has 2 aromatic rings. The van der Waals surface area contributed by atoms with Gasteiger partial charge in [-0.3, -0.25) is 4.79 Å². The van der Waals surface area contributed by atoms with Crippen molar-refractivity contribution in [1.82, 2.24) is 4.98 Å². The molecule has 0 atom stereocenters. The van der Waals surface area contributed by atoms with E-state index in [1.165, 1.54) is 12.5 Å². The van der Waals surface area contributed by atoms with Crippen LogP contribution >= 0.6 is 0 Å². The fourth-order valence-electron chi connectivity index (χ4n) is 1.53. The maximum absolute atomic E-state index is 10.9. The van der Waals surface area contributed by atoms with Gasteiger partial charge in [-0.15, -0.1) is 0 Å². The molecule has 0 aliphatic carbocycles. The highest BCUT2D eigenvalue weighted by Crippen LogP contribution is 2.17. The predicted octanol–water partition coefficient (Wildman–Crippen LogP) is 3.09. The Morgan fingerprint density at radius 3 is 2.28 bits per heavy atom. The normalized spacial score (nSPS) is 9.89. The van der Waals surface area contributed by atoms with Crippen molar-refractivity contribution in [2.75, 3.05) is 10.6 Å². The molecule has 2 N–H and O–H groups in total. The number of carbonyl (C=O) groups is 1. The molecular formula is C14H15N3O. The summed E-state index contributed by atoms with van der Waals surface area (Å²) in [4.78, 5) is 15.0. The molecule has 0 aliphatic heterocycles. The Bertz CT molecular complexity index is 532. The first-order chi connectivity index (χ1) is 8.63. The largest absolute Gasteiger partial charge is 0.354 e. The van der Waals surface area contributed by atoms with Gasteiger partial charge < -0.3 is 10.6 Å². The topological polar surface area (TPSA) is 54.0 Å². The molecule has 2 rings (SSSR count). The summed E-state index contributed by atoms with van der Waals surface area (Å²) < 4.78 is 0. The molecule has 0 unspecified atom stereocenters. The third-order valence-electron chi connectivity index (χ3n) is 2.41. The van der Waals surface area contributed by atoms with E-state index in [-0.39, 0.29) is 5.91 Å². The molecular weight excluding hydrogens is 226 g/mol. The van der Waals surface area contributed by atoms with Crippen LogP contribution in [0.1, 0.15) is 12.5 Å². The average Bonchev–Trinajstić information content (AvgIpc) is 2.34. The van der Waals surface area contributed by atoms with Gasteiger partial charge in [-0.2, -0.15) is 0 Å². The number of benzene rings is 1. The Balaban J connectivity index is 2.06. The number of anilines is 3. The van der Waals surface area contributed by atoms with Gasteiger partial charge in [-0.05, 0) is 31.2 Å². The summed E-state index contributed by atoms with van der Waals surface area (Å²) in [6, 6.07) is 11.7. The molecule has 0 spiro atoms. The zero-order chi connectivity index (χ0) is 13.0. The Morgan fingerprint density at radius 2 is 1.72 bits per heavy atom. The molecule has 4 heteroatoms.